The fourth-order valence-electron chi connectivity index (χ4n) is 1.29. The fourth-order valence-corrected chi connectivity index (χ4v) is 1.29. The Morgan fingerprint density at radius 1 is 1.38 bits per heavy atom. The summed E-state index contributed by atoms with van der Waals surface area (Å²) in [4.78, 5) is 15.2. The standard InChI is InChI=1S/C11H9NO.H2/c1-8(13)9-4-5-11-10(7-9)3-2-6-12-11;/h2-7H,1H3;1H. The van der Waals surface area contributed by atoms with Gasteiger partial charge >= 0.3 is 0 Å². The third-order valence-corrected chi connectivity index (χ3v) is 2.01. The highest BCUT2D eigenvalue weighted by molar-refractivity contribution is 5.97. The highest BCUT2D eigenvalue weighted by Crippen LogP contribution is 2.13. The number of nitrogens with zero attached hydrogens (tertiary/aromatic N) is 1. The predicted molar refractivity (Wildman–Crippen MR) is 53.9 cm³/mol. The lowest BCUT2D eigenvalue weighted by molar-refractivity contribution is 0.101. The van der Waals surface area contributed by atoms with Gasteiger partial charge in [-0.05, 0) is 31.2 Å². The number of carbonyl (C=O) groups excluding carboxylic acids is 1. The molecule has 0 fully saturated rings. The van der Waals surface area contributed by atoms with E-state index in [-0.39, 0.29) is 7.21 Å². The van der Waals surface area contributed by atoms with Gasteiger partial charge in [0.15, 0.2) is 5.78 Å². The van der Waals surface area contributed by atoms with E-state index < -0.39 is 0 Å². The molecule has 0 radical (unpaired) electrons. The van der Waals surface area contributed by atoms with Crippen LogP contribution in [0.15, 0.2) is 36.5 Å². The van der Waals surface area contributed by atoms with E-state index in [4.69, 9.17) is 0 Å². The molecule has 0 aliphatic heterocycles. The van der Waals surface area contributed by atoms with Crippen molar-refractivity contribution in [1.82, 2.24) is 4.98 Å². The van der Waals surface area contributed by atoms with E-state index in [0.717, 1.165) is 16.5 Å². The van der Waals surface area contributed by atoms with E-state index in [9.17, 15) is 4.79 Å². The Morgan fingerprint density at radius 3 is 3.00 bits per heavy atom. The van der Waals surface area contributed by atoms with E-state index >= 15 is 0 Å². The third kappa shape index (κ3) is 1.43. The van der Waals surface area contributed by atoms with Crippen LogP contribution in [0.1, 0.15) is 18.7 Å². The zero-order valence-electron chi connectivity index (χ0n) is 7.32. The van der Waals surface area contributed by atoms with Gasteiger partial charge in [-0.25, -0.2) is 0 Å². The first-order valence-electron chi connectivity index (χ1n) is 4.13. The molecule has 2 aromatic rings. The van der Waals surface area contributed by atoms with Crippen LogP contribution in [0.2, 0.25) is 0 Å². The minimum atomic E-state index is 0. The summed E-state index contributed by atoms with van der Waals surface area (Å²) in [6, 6.07) is 9.36. The minimum absolute atomic E-state index is 0. The Hall–Kier alpha value is -1.70. The zero-order valence-corrected chi connectivity index (χ0v) is 7.32. The molecule has 1 heterocycles. The van der Waals surface area contributed by atoms with Gasteiger partial charge in [0.2, 0.25) is 0 Å². The van der Waals surface area contributed by atoms with Gasteiger partial charge < -0.3 is 0 Å². The molecule has 0 aliphatic carbocycles. The smallest absolute Gasteiger partial charge is 0.159 e. The Balaban J connectivity index is 0.000000980. The second-order valence-corrected chi connectivity index (χ2v) is 2.97. The first-order chi connectivity index (χ1) is 6.27. The SMILES string of the molecule is CC(=O)c1ccc2ncccc2c1.[HH]. The summed E-state index contributed by atoms with van der Waals surface area (Å²) in [6.07, 6.45) is 1.75. The Labute approximate surface area is 77.7 Å². The van der Waals surface area contributed by atoms with Crippen molar-refractivity contribution in [2.75, 3.05) is 0 Å². The molecule has 0 bridgehead atoms. The van der Waals surface area contributed by atoms with Gasteiger partial charge in [0.25, 0.3) is 0 Å². The molecule has 0 N–H and O–H groups in total. The molecule has 0 aliphatic rings. The first-order valence-corrected chi connectivity index (χ1v) is 4.13. The average molecular weight is 173 g/mol. The fraction of sp³-hybridized carbons (Fsp3) is 0.0909. The lowest BCUT2D eigenvalue weighted by Crippen LogP contribution is -1.91. The van der Waals surface area contributed by atoms with E-state index in [1.165, 1.54) is 0 Å². The van der Waals surface area contributed by atoms with Gasteiger partial charge in [0.05, 0.1) is 5.52 Å². The van der Waals surface area contributed by atoms with Crippen molar-refractivity contribution in [3.05, 3.63) is 42.1 Å². The van der Waals surface area contributed by atoms with Crippen LogP contribution in [0.3, 0.4) is 0 Å². The summed E-state index contributed by atoms with van der Waals surface area (Å²) in [7, 11) is 0. The molecule has 0 amide bonds. The van der Waals surface area contributed by atoms with Gasteiger partial charge in [-0.1, -0.05) is 6.07 Å². The molecule has 0 saturated heterocycles. The second-order valence-electron chi connectivity index (χ2n) is 2.97. The predicted octanol–water partition coefficient (Wildman–Crippen LogP) is 2.68. The van der Waals surface area contributed by atoms with Crippen molar-refractivity contribution in [1.29, 1.82) is 0 Å². The normalized spacial score (nSPS) is 10.2. The maximum Gasteiger partial charge on any atom is 0.159 e. The number of fused-ring (bicyclic) bond motifs is 1. The Morgan fingerprint density at radius 2 is 2.23 bits per heavy atom. The summed E-state index contributed by atoms with van der Waals surface area (Å²) in [5.41, 5.74) is 1.66. The van der Waals surface area contributed by atoms with Gasteiger partial charge in [0, 0.05) is 18.6 Å². The summed E-state index contributed by atoms with van der Waals surface area (Å²) in [5, 5.41) is 1.01. The molecule has 2 nitrogen and oxygen atoms in total. The molecule has 0 atom stereocenters. The van der Waals surface area contributed by atoms with Crippen LogP contribution in [-0.4, -0.2) is 10.8 Å². The summed E-state index contributed by atoms with van der Waals surface area (Å²) in [5.74, 6) is 0.0887. The van der Waals surface area contributed by atoms with Crippen LogP contribution in [-0.2, 0) is 0 Å². The van der Waals surface area contributed by atoms with Crippen LogP contribution in [0, 0.1) is 0 Å². The highest BCUT2D eigenvalue weighted by Gasteiger charge is 1.99. The van der Waals surface area contributed by atoms with Crippen molar-refractivity contribution in [2.45, 2.75) is 6.92 Å². The molecule has 1 aromatic carbocycles. The van der Waals surface area contributed by atoms with E-state index in [0.29, 0.717) is 0 Å². The number of benzene rings is 1. The molecule has 0 unspecified atom stereocenters. The average Bonchev–Trinajstić information content (AvgIpc) is 2.17. The number of pyridine rings is 1. The van der Waals surface area contributed by atoms with E-state index in [2.05, 4.69) is 4.98 Å². The molecule has 0 saturated carbocycles. The summed E-state index contributed by atoms with van der Waals surface area (Å²) in [6.45, 7) is 1.57. The zero-order chi connectivity index (χ0) is 9.26. The van der Waals surface area contributed by atoms with Crippen molar-refractivity contribution >= 4 is 16.7 Å². The van der Waals surface area contributed by atoms with Gasteiger partial charge in [0.1, 0.15) is 0 Å². The topological polar surface area (TPSA) is 30.0 Å². The van der Waals surface area contributed by atoms with Crippen LogP contribution >= 0.6 is 0 Å². The third-order valence-electron chi connectivity index (χ3n) is 2.01. The van der Waals surface area contributed by atoms with Crippen LogP contribution < -0.4 is 0 Å². The lowest BCUT2D eigenvalue weighted by atomic mass is 10.1. The van der Waals surface area contributed by atoms with Gasteiger partial charge in [-0.15, -0.1) is 0 Å². The van der Waals surface area contributed by atoms with E-state index in [1.807, 2.05) is 24.3 Å². The molecular formula is C11H11NO. The molecule has 0 spiro atoms. The highest BCUT2D eigenvalue weighted by atomic mass is 16.1. The number of hydrogen-bond acceptors (Lipinski definition) is 2. The van der Waals surface area contributed by atoms with Gasteiger partial charge in [-0.3, -0.25) is 9.78 Å². The number of rotatable bonds is 1. The summed E-state index contributed by atoms with van der Waals surface area (Å²) >= 11 is 0. The minimum Gasteiger partial charge on any atom is -0.295 e. The number of hydrogen-bond donors (Lipinski definition) is 0. The quantitative estimate of drug-likeness (QED) is 0.620. The molecule has 2 rings (SSSR count). The van der Waals surface area contributed by atoms with Crippen molar-refractivity contribution in [2.24, 2.45) is 0 Å². The number of aromatic nitrogens is 1. The monoisotopic (exact) mass is 173 g/mol. The van der Waals surface area contributed by atoms with Crippen LogP contribution in [0.5, 0.6) is 0 Å². The van der Waals surface area contributed by atoms with Crippen molar-refractivity contribution in [3.8, 4) is 0 Å². The molecule has 66 valence electrons. The van der Waals surface area contributed by atoms with Crippen LogP contribution in [0.25, 0.3) is 10.9 Å². The number of carbonyl (C=O) groups is 1. The molecule has 1 aromatic heterocycles. The van der Waals surface area contributed by atoms with Crippen molar-refractivity contribution in [3.63, 3.8) is 0 Å². The Kier molecular flexibility index (Phi) is 1.81. The lowest BCUT2D eigenvalue weighted by Gasteiger charge is -1.98. The molecule has 2 heteroatoms. The maximum absolute atomic E-state index is 11.1. The Bertz CT molecular complexity index is 468. The first kappa shape index (κ1) is 7.92. The second kappa shape index (κ2) is 2.98. The van der Waals surface area contributed by atoms with Crippen LogP contribution in [0.4, 0.5) is 0 Å². The number of ketones is 1. The molecule has 13 heavy (non-hydrogen) atoms. The van der Waals surface area contributed by atoms with Crippen molar-refractivity contribution < 1.29 is 6.22 Å². The number of Topliss-reactive ketones (excluding diaryl/α,β-unsaturated/α-hetero) is 1. The largest absolute Gasteiger partial charge is 0.295 e. The summed E-state index contributed by atoms with van der Waals surface area (Å²) < 4.78 is 0. The van der Waals surface area contributed by atoms with E-state index in [1.54, 1.807) is 19.2 Å². The van der Waals surface area contributed by atoms with Gasteiger partial charge in [-0.2, -0.15) is 0 Å². The molecular weight excluding hydrogens is 162 g/mol. The maximum atomic E-state index is 11.1.